The van der Waals surface area contributed by atoms with E-state index >= 15 is 0 Å². The van der Waals surface area contributed by atoms with Crippen LogP contribution in [-0.4, -0.2) is 36.4 Å². The maximum atomic E-state index is 11.1. The molecular formula is C9H17ClN2O2S. The van der Waals surface area contributed by atoms with Gasteiger partial charge in [-0.3, -0.25) is 10.1 Å². The molecule has 6 heteroatoms. The zero-order valence-corrected chi connectivity index (χ0v) is 10.6. The van der Waals surface area contributed by atoms with Crippen molar-refractivity contribution in [2.75, 3.05) is 24.4 Å². The summed E-state index contributed by atoms with van der Waals surface area (Å²) in [4.78, 5) is 22.1. The number of nitrogens with one attached hydrogen (secondary N) is 2. The molecule has 0 aromatic carbocycles. The lowest BCUT2D eigenvalue weighted by Gasteiger charge is -2.11. The van der Waals surface area contributed by atoms with Crippen molar-refractivity contribution >= 4 is 35.3 Å². The number of carbonyl (C=O) groups is 2. The highest BCUT2D eigenvalue weighted by Gasteiger charge is 2.07. The predicted octanol–water partition coefficient (Wildman–Crippen LogP) is 1.44. The molecule has 1 unspecified atom stereocenters. The predicted molar refractivity (Wildman–Crippen MR) is 64.4 cm³/mol. The van der Waals surface area contributed by atoms with Gasteiger partial charge in [0.1, 0.15) is 0 Å². The molecule has 0 rings (SSSR count). The molecule has 0 aliphatic rings. The summed E-state index contributed by atoms with van der Waals surface area (Å²) in [5.74, 6) is 1.26. The van der Waals surface area contributed by atoms with Crippen molar-refractivity contribution in [1.29, 1.82) is 0 Å². The maximum Gasteiger partial charge on any atom is 0.321 e. The number of amides is 3. The largest absolute Gasteiger partial charge is 0.338 e. The Hall–Kier alpha value is -0.420. The quantitative estimate of drug-likeness (QED) is 0.704. The highest BCUT2D eigenvalue weighted by molar-refractivity contribution is 7.98. The number of rotatable bonds is 6. The number of carbonyl (C=O) groups excluding carboxylic acids is 2. The van der Waals surface area contributed by atoms with Crippen LogP contribution in [0.1, 0.15) is 13.3 Å². The number of thioether (sulfide) groups is 1. The van der Waals surface area contributed by atoms with E-state index in [1.165, 1.54) is 0 Å². The Morgan fingerprint density at radius 1 is 1.47 bits per heavy atom. The second kappa shape index (κ2) is 8.85. The van der Waals surface area contributed by atoms with Gasteiger partial charge in [0.25, 0.3) is 0 Å². The van der Waals surface area contributed by atoms with Crippen molar-refractivity contribution < 1.29 is 9.59 Å². The minimum Gasteiger partial charge on any atom is -0.338 e. The molecule has 4 nitrogen and oxygen atoms in total. The Kier molecular flexibility index (Phi) is 8.61. The lowest BCUT2D eigenvalue weighted by Crippen LogP contribution is -2.41. The third kappa shape index (κ3) is 8.57. The molecule has 0 fully saturated rings. The molecule has 0 saturated carbocycles. The summed E-state index contributed by atoms with van der Waals surface area (Å²) >= 11 is 7.08. The average Bonchev–Trinajstić information content (AvgIpc) is 2.15. The van der Waals surface area contributed by atoms with E-state index in [2.05, 4.69) is 10.6 Å². The summed E-state index contributed by atoms with van der Waals surface area (Å²) in [6.07, 6.45) is 2.18. The molecule has 0 heterocycles. The van der Waals surface area contributed by atoms with E-state index in [9.17, 15) is 9.59 Å². The molecule has 0 saturated heterocycles. The van der Waals surface area contributed by atoms with Crippen LogP contribution in [0.5, 0.6) is 0 Å². The Labute approximate surface area is 99.5 Å². The van der Waals surface area contributed by atoms with Crippen LogP contribution in [0, 0.1) is 5.92 Å². The van der Waals surface area contributed by atoms with Crippen molar-refractivity contribution in [3.63, 3.8) is 0 Å². The van der Waals surface area contributed by atoms with Crippen molar-refractivity contribution in [3.8, 4) is 0 Å². The van der Waals surface area contributed by atoms with E-state index in [0.29, 0.717) is 12.5 Å². The average molecular weight is 253 g/mol. The van der Waals surface area contributed by atoms with Gasteiger partial charge in [-0.05, 0) is 17.9 Å². The highest BCUT2D eigenvalue weighted by atomic mass is 35.5. The van der Waals surface area contributed by atoms with Gasteiger partial charge in [0.05, 0.1) is 0 Å². The molecule has 0 bridgehead atoms. The van der Waals surface area contributed by atoms with E-state index < -0.39 is 6.03 Å². The monoisotopic (exact) mass is 252 g/mol. The van der Waals surface area contributed by atoms with Crippen LogP contribution in [0.3, 0.4) is 0 Å². The molecule has 15 heavy (non-hydrogen) atoms. The van der Waals surface area contributed by atoms with Crippen LogP contribution >= 0.6 is 23.4 Å². The lowest BCUT2D eigenvalue weighted by molar-refractivity contribution is -0.119. The van der Waals surface area contributed by atoms with Gasteiger partial charge in [-0.15, -0.1) is 11.6 Å². The van der Waals surface area contributed by atoms with Gasteiger partial charge in [0.15, 0.2) is 0 Å². The smallest absolute Gasteiger partial charge is 0.321 e. The third-order valence-corrected chi connectivity index (χ3v) is 2.73. The Balaban J connectivity index is 3.61. The molecule has 88 valence electrons. The number of urea groups is 1. The molecule has 3 amide bonds. The van der Waals surface area contributed by atoms with Crippen LogP contribution in [0.15, 0.2) is 0 Å². The first-order valence-electron chi connectivity index (χ1n) is 4.72. The fourth-order valence-corrected chi connectivity index (χ4v) is 1.79. The molecule has 0 aromatic heterocycles. The van der Waals surface area contributed by atoms with Gasteiger partial charge in [-0.1, -0.05) is 6.92 Å². The van der Waals surface area contributed by atoms with Crippen LogP contribution in [-0.2, 0) is 4.79 Å². The zero-order chi connectivity index (χ0) is 11.7. The zero-order valence-electron chi connectivity index (χ0n) is 9.01. The van der Waals surface area contributed by atoms with E-state index in [4.69, 9.17) is 11.6 Å². The summed E-state index contributed by atoms with van der Waals surface area (Å²) in [5, 5.41) is 4.83. The molecule has 0 aliphatic carbocycles. The number of imide groups is 1. The fraction of sp³-hybridized carbons (Fsp3) is 0.778. The molecule has 0 radical (unpaired) electrons. The minimum absolute atomic E-state index is 0.162. The molecule has 1 atom stereocenters. The highest BCUT2D eigenvalue weighted by Crippen LogP contribution is 2.02. The summed E-state index contributed by atoms with van der Waals surface area (Å²) in [6.45, 7) is 2.61. The number of halogens is 1. The van der Waals surface area contributed by atoms with E-state index in [1.807, 2.05) is 13.2 Å². The summed E-state index contributed by atoms with van der Waals surface area (Å²) in [6, 6.07) is -0.446. The van der Waals surface area contributed by atoms with E-state index in [0.717, 1.165) is 5.75 Å². The minimum atomic E-state index is -0.446. The Morgan fingerprint density at radius 3 is 2.67 bits per heavy atom. The van der Waals surface area contributed by atoms with Crippen molar-refractivity contribution in [3.05, 3.63) is 0 Å². The molecule has 0 aliphatic heterocycles. The third-order valence-electron chi connectivity index (χ3n) is 1.64. The Bertz CT molecular complexity index is 214. The van der Waals surface area contributed by atoms with Crippen LogP contribution < -0.4 is 10.6 Å². The molecular weight excluding hydrogens is 236 g/mol. The van der Waals surface area contributed by atoms with Crippen molar-refractivity contribution in [2.24, 2.45) is 5.92 Å². The topological polar surface area (TPSA) is 58.2 Å². The lowest BCUT2D eigenvalue weighted by atomic mass is 10.2. The van der Waals surface area contributed by atoms with Crippen LogP contribution in [0.2, 0.25) is 0 Å². The van der Waals surface area contributed by atoms with E-state index in [1.54, 1.807) is 11.8 Å². The first kappa shape index (κ1) is 14.6. The van der Waals surface area contributed by atoms with E-state index in [-0.39, 0.29) is 18.2 Å². The summed E-state index contributed by atoms with van der Waals surface area (Å²) < 4.78 is 0. The summed E-state index contributed by atoms with van der Waals surface area (Å²) in [7, 11) is 0. The number of hydrogen-bond donors (Lipinski definition) is 2. The van der Waals surface area contributed by atoms with Gasteiger partial charge in [0.2, 0.25) is 5.91 Å². The van der Waals surface area contributed by atoms with Gasteiger partial charge < -0.3 is 5.32 Å². The normalized spacial score (nSPS) is 11.9. The van der Waals surface area contributed by atoms with Crippen LogP contribution in [0.4, 0.5) is 4.79 Å². The van der Waals surface area contributed by atoms with Crippen molar-refractivity contribution in [1.82, 2.24) is 10.6 Å². The van der Waals surface area contributed by atoms with Gasteiger partial charge in [-0.25, -0.2) is 4.79 Å². The second-order valence-corrected chi connectivity index (χ2v) is 4.55. The number of hydrogen-bond acceptors (Lipinski definition) is 3. The summed E-state index contributed by atoms with van der Waals surface area (Å²) in [5.41, 5.74) is 0. The first-order valence-corrected chi connectivity index (χ1v) is 6.65. The standard InChI is InChI=1S/C9H17ClN2O2S/c1-7(6-15-2)5-11-9(14)12-8(13)3-4-10/h7H,3-6H2,1-2H3,(H2,11,12,13,14). The number of alkyl halides is 1. The maximum absolute atomic E-state index is 11.1. The van der Waals surface area contributed by atoms with Gasteiger partial charge in [-0.2, -0.15) is 11.8 Å². The van der Waals surface area contributed by atoms with Gasteiger partial charge >= 0.3 is 6.03 Å². The van der Waals surface area contributed by atoms with Crippen molar-refractivity contribution in [2.45, 2.75) is 13.3 Å². The first-order chi connectivity index (χ1) is 7.10. The van der Waals surface area contributed by atoms with Crippen LogP contribution in [0.25, 0.3) is 0 Å². The molecule has 0 aromatic rings. The molecule has 2 N–H and O–H groups in total. The SMILES string of the molecule is CSCC(C)CNC(=O)NC(=O)CCCl. The Morgan fingerprint density at radius 2 is 2.13 bits per heavy atom. The molecule has 0 spiro atoms. The fourth-order valence-electron chi connectivity index (χ4n) is 0.930. The van der Waals surface area contributed by atoms with Gasteiger partial charge in [0, 0.05) is 18.8 Å². The second-order valence-electron chi connectivity index (χ2n) is 3.26.